The smallest absolute Gasteiger partial charge is 0.173 e. The molecular weight excluding hydrogens is 330 g/mol. The van der Waals surface area contributed by atoms with Gasteiger partial charge in [0.1, 0.15) is 12.4 Å². The van der Waals surface area contributed by atoms with Crippen molar-refractivity contribution in [3.05, 3.63) is 64.7 Å². The third-order valence-electron chi connectivity index (χ3n) is 3.14. The molecule has 0 saturated heterocycles. The summed E-state index contributed by atoms with van der Waals surface area (Å²) in [5.41, 5.74) is 3.02. The van der Waals surface area contributed by atoms with E-state index < -0.39 is 0 Å². The SMILES string of the molecule is Cc1cc(C(=O)CBr)ccc1OCc1ccccc1C#N. The lowest BCUT2D eigenvalue weighted by molar-refractivity contribution is 0.102. The number of rotatable bonds is 5. The van der Waals surface area contributed by atoms with Crippen LogP contribution in [0.5, 0.6) is 5.75 Å². The van der Waals surface area contributed by atoms with Gasteiger partial charge in [0.2, 0.25) is 0 Å². The highest BCUT2D eigenvalue weighted by atomic mass is 79.9. The Morgan fingerprint density at radius 2 is 2.05 bits per heavy atom. The number of nitrogens with zero attached hydrogens (tertiary/aromatic N) is 1. The number of hydrogen-bond donors (Lipinski definition) is 0. The summed E-state index contributed by atoms with van der Waals surface area (Å²) in [6.07, 6.45) is 0. The van der Waals surface area contributed by atoms with E-state index in [0.717, 1.165) is 11.1 Å². The Labute approximate surface area is 132 Å². The standard InChI is InChI=1S/C17H14BrNO2/c1-12-8-13(16(20)9-18)6-7-17(12)21-11-15-5-3-2-4-14(15)10-19/h2-8H,9,11H2,1H3. The number of alkyl halides is 1. The summed E-state index contributed by atoms with van der Waals surface area (Å²) < 4.78 is 5.76. The van der Waals surface area contributed by atoms with E-state index in [1.165, 1.54) is 0 Å². The molecule has 0 unspecified atom stereocenters. The lowest BCUT2D eigenvalue weighted by atomic mass is 10.1. The minimum Gasteiger partial charge on any atom is -0.489 e. The fourth-order valence-electron chi connectivity index (χ4n) is 1.97. The Bertz CT molecular complexity index is 704. The largest absolute Gasteiger partial charge is 0.489 e. The van der Waals surface area contributed by atoms with Crippen molar-refractivity contribution in [1.82, 2.24) is 0 Å². The topological polar surface area (TPSA) is 50.1 Å². The Hall–Kier alpha value is -2.12. The minimum atomic E-state index is 0.0412. The summed E-state index contributed by atoms with van der Waals surface area (Å²) in [6, 6.07) is 14.9. The second-order valence-corrected chi connectivity index (χ2v) is 5.16. The summed E-state index contributed by atoms with van der Waals surface area (Å²) >= 11 is 3.16. The first-order valence-corrected chi connectivity index (χ1v) is 7.58. The van der Waals surface area contributed by atoms with Crippen molar-refractivity contribution >= 4 is 21.7 Å². The molecule has 106 valence electrons. The number of ether oxygens (including phenoxy) is 1. The van der Waals surface area contributed by atoms with Gasteiger partial charge in [-0.1, -0.05) is 34.1 Å². The zero-order valence-electron chi connectivity index (χ0n) is 11.6. The number of nitriles is 1. The summed E-state index contributed by atoms with van der Waals surface area (Å²) in [7, 11) is 0. The molecule has 0 atom stereocenters. The number of Topliss-reactive ketones (excluding diaryl/α,β-unsaturated/α-hetero) is 1. The van der Waals surface area contributed by atoms with Gasteiger partial charge in [0.05, 0.1) is 17.0 Å². The molecule has 0 radical (unpaired) electrons. The van der Waals surface area contributed by atoms with Crippen LogP contribution in [-0.2, 0) is 6.61 Å². The van der Waals surface area contributed by atoms with Gasteiger partial charge >= 0.3 is 0 Å². The van der Waals surface area contributed by atoms with Crippen molar-refractivity contribution in [2.75, 3.05) is 5.33 Å². The van der Waals surface area contributed by atoms with Gasteiger partial charge in [-0.15, -0.1) is 0 Å². The Morgan fingerprint density at radius 1 is 1.29 bits per heavy atom. The van der Waals surface area contributed by atoms with Crippen LogP contribution in [0.15, 0.2) is 42.5 Å². The van der Waals surface area contributed by atoms with E-state index in [9.17, 15) is 4.79 Å². The van der Waals surface area contributed by atoms with Crippen molar-refractivity contribution < 1.29 is 9.53 Å². The van der Waals surface area contributed by atoms with E-state index >= 15 is 0 Å². The third-order valence-corrected chi connectivity index (χ3v) is 3.65. The first-order chi connectivity index (χ1) is 10.2. The molecule has 0 spiro atoms. The number of carbonyl (C=O) groups is 1. The van der Waals surface area contributed by atoms with Crippen molar-refractivity contribution in [1.29, 1.82) is 5.26 Å². The zero-order chi connectivity index (χ0) is 15.2. The van der Waals surface area contributed by atoms with Gasteiger partial charge in [-0.2, -0.15) is 5.26 Å². The molecule has 21 heavy (non-hydrogen) atoms. The first-order valence-electron chi connectivity index (χ1n) is 6.46. The molecule has 2 aromatic rings. The molecule has 0 bridgehead atoms. The molecule has 3 nitrogen and oxygen atoms in total. The van der Waals surface area contributed by atoms with Crippen LogP contribution in [-0.4, -0.2) is 11.1 Å². The Balaban J connectivity index is 2.14. The number of ketones is 1. The van der Waals surface area contributed by atoms with Crippen LogP contribution in [0, 0.1) is 18.3 Å². The lowest BCUT2D eigenvalue weighted by Gasteiger charge is -2.11. The monoisotopic (exact) mass is 343 g/mol. The minimum absolute atomic E-state index is 0.0412. The predicted molar refractivity (Wildman–Crippen MR) is 84.8 cm³/mol. The molecule has 0 saturated carbocycles. The van der Waals surface area contributed by atoms with Gasteiger partial charge in [0.25, 0.3) is 0 Å². The van der Waals surface area contributed by atoms with E-state index in [2.05, 4.69) is 22.0 Å². The van der Waals surface area contributed by atoms with Crippen molar-refractivity contribution in [3.63, 3.8) is 0 Å². The van der Waals surface area contributed by atoms with Gasteiger partial charge < -0.3 is 4.74 Å². The van der Waals surface area contributed by atoms with Gasteiger partial charge in [0, 0.05) is 11.1 Å². The fraction of sp³-hybridized carbons (Fsp3) is 0.176. The van der Waals surface area contributed by atoms with Crippen molar-refractivity contribution in [3.8, 4) is 11.8 Å². The van der Waals surface area contributed by atoms with Crippen LogP contribution < -0.4 is 4.74 Å². The highest BCUT2D eigenvalue weighted by Crippen LogP contribution is 2.21. The molecule has 0 aliphatic rings. The van der Waals surface area contributed by atoms with Crippen LogP contribution in [0.2, 0.25) is 0 Å². The van der Waals surface area contributed by atoms with Gasteiger partial charge in [-0.05, 0) is 36.8 Å². The van der Waals surface area contributed by atoms with Crippen molar-refractivity contribution in [2.45, 2.75) is 13.5 Å². The number of benzene rings is 2. The van der Waals surface area contributed by atoms with Crippen LogP contribution in [0.25, 0.3) is 0 Å². The van der Waals surface area contributed by atoms with Crippen LogP contribution in [0.4, 0.5) is 0 Å². The number of aryl methyl sites for hydroxylation is 1. The summed E-state index contributed by atoms with van der Waals surface area (Å²) in [4.78, 5) is 11.6. The third kappa shape index (κ3) is 3.71. The maximum Gasteiger partial charge on any atom is 0.173 e. The maximum absolute atomic E-state index is 11.6. The zero-order valence-corrected chi connectivity index (χ0v) is 13.2. The summed E-state index contributed by atoms with van der Waals surface area (Å²) in [5, 5.41) is 9.36. The normalized spacial score (nSPS) is 9.95. The molecule has 0 aromatic heterocycles. The fourth-order valence-corrected chi connectivity index (χ4v) is 2.30. The molecule has 0 N–H and O–H groups in total. The molecule has 0 aliphatic carbocycles. The molecular formula is C17H14BrNO2. The summed E-state index contributed by atoms with van der Waals surface area (Å²) in [6.45, 7) is 2.23. The van der Waals surface area contributed by atoms with E-state index in [-0.39, 0.29) is 5.78 Å². The van der Waals surface area contributed by atoms with Crippen LogP contribution in [0.3, 0.4) is 0 Å². The highest BCUT2D eigenvalue weighted by molar-refractivity contribution is 9.09. The number of carbonyl (C=O) groups excluding carboxylic acids is 1. The first kappa shape index (κ1) is 15.3. The Kier molecular flexibility index (Phi) is 5.13. The van der Waals surface area contributed by atoms with Gasteiger partial charge in [0.15, 0.2) is 5.78 Å². The van der Waals surface area contributed by atoms with E-state index in [0.29, 0.717) is 28.8 Å². The molecule has 0 heterocycles. The van der Waals surface area contributed by atoms with Crippen LogP contribution >= 0.6 is 15.9 Å². The second kappa shape index (κ2) is 7.05. The molecule has 0 fully saturated rings. The predicted octanol–water partition coefficient (Wildman–Crippen LogP) is 4.02. The lowest BCUT2D eigenvalue weighted by Crippen LogP contribution is -2.03. The second-order valence-electron chi connectivity index (χ2n) is 4.59. The highest BCUT2D eigenvalue weighted by Gasteiger charge is 2.08. The quantitative estimate of drug-likeness (QED) is 0.608. The van der Waals surface area contributed by atoms with Crippen LogP contribution in [0.1, 0.15) is 27.0 Å². The molecule has 2 aromatic carbocycles. The number of hydrogen-bond acceptors (Lipinski definition) is 3. The molecule has 4 heteroatoms. The molecule has 0 amide bonds. The van der Waals surface area contributed by atoms with E-state index in [1.54, 1.807) is 18.2 Å². The average Bonchev–Trinajstić information content (AvgIpc) is 2.53. The van der Waals surface area contributed by atoms with E-state index in [4.69, 9.17) is 10.00 Å². The molecule has 2 rings (SSSR count). The maximum atomic E-state index is 11.6. The van der Waals surface area contributed by atoms with Gasteiger partial charge in [-0.25, -0.2) is 0 Å². The van der Waals surface area contributed by atoms with Crippen molar-refractivity contribution in [2.24, 2.45) is 0 Å². The number of halogens is 1. The van der Waals surface area contributed by atoms with E-state index in [1.807, 2.05) is 31.2 Å². The summed E-state index contributed by atoms with van der Waals surface area (Å²) in [5.74, 6) is 0.758. The Morgan fingerprint density at radius 3 is 2.71 bits per heavy atom. The average molecular weight is 344 g/mol. The van der Waals surface area contributed by atoms with Gasteiger partial charge in [-0.3, -0.25) is 4.79 Å². The molecule has 0 aliphatic heterocycles.